The van der Waals surface area contributed by atoms with E-state index in [0.717, 1.165) is 0 Å². The first-order chi connectivity index (χ1) is 6.89. The van der Waals surface area contributed by atoms with Crippen molar-refractivity contribution in [2.45, 2.75) is 0 Å². The third-order valence-corrected chi connectivity index (χ3v) is 3.77. The van der Waals surface area contributed by atoms with Crippen molar-refractivity contribution in [2.24, 2.45) is 0 Å². The van der Waals surface area contributed by atoms with Crippen LogP contribution in [-0.2, 0) is 9.59 Å². The second-order valence-electron chi connectivity index (χ2n) is 2.50. The molecule has 0 aliphatic heterocycles. The summed E-state index contributed by atoms with van der Waals surface area (Å²) in [5, 5.41) is 50.5. The van der Waals surface area contributed by atoms with Crippen LogP contribution >= 0.6 is 7.26 Å². The van der Waals surface area contributed by atoms with Crippen LogP contribution in [0.3, 0.4) is 0 Å². The minimum atomic E-state index is -2.20. The number of aliphatic carboxylic acids is 2. The molecule has 0 saturated carbocycles. The number of carbonyl (C=O) groups is 2. The van der Waals surface area contributed by atoms with Crippen molar-refractivity contribution in [3.63, 3.8) is 0 Å². The van der Waals surface area contributed by atoms with Gasteiger partial charge in [-0.1, -0.05) is 0 Å². The zero-order chi connectivity index (χ0) is 12.5. The highest BCUT2D eigenvalue weighted by molar-refractivity contribution is 7.75. The number of carboxylic acid groups (broad SMARTS) is 2. The highest BCUT2D eigenvalue weighted by Crippen LogP contribution is 2.54. The maximum Gasteiger partial charge on any atom is 0.351 e. The van der Waals surface area contributed by atoms with Gasteiger partial charge in [-0.25, -0.2) is 4.79 Å². The SMILES string of the molecule is O=C([O-])C(=O)O.OC[P+](CO)(CO)CO. The van der Waals surface area contributed by atoms with Gasteiger partial charge in [0.1, 0.15) is 7.26 Å². The van der Waals surface area contributed by atoms with Crippen LogP contribution in [0.1, 0.15) is 0 Å². The Kier molecular flexibility index (Phi) is 9.44. The van der Waals surface area contributed by atoms with E-state index in [1.165, 1.54) is 0 Å². The van der Waals surface area contributed by atoms with Gasteiger partial charge in [0.25, 0.3) is 0 Å². The summed E-state index contributed by atoms with van der Waals surface area (Å²) in [6.07, 6.45) is -1.18. The zero-order valence-electron chi connectivity index (χ0n) is 7.74. The molecule has 8 nitrogen and oxygen atoms in total. The third-order valence-electron chi connectivity index (χ3n) is 1.37. The summed E-state index contributed by atoms with van der Waals surface area (Å²) >= 11 is 0. The fraction of sp³-hybridized carbons (Fsp3) is 0.667. The molecule has 0 rings (SSSR count). The van der Waals surface area contributed by atoms with Crippen molar-refractivity contribution >= 4 is 19.2 Å². The molecule has 0 aromatic rings. The van der Waals surface area contributed by atoms with E-state index in [-0.39, 0.29) is 25.4 Å². The van der Waals surface area contributed by atoms with Gasteiger partial charge in [-0.2, -0.15) is 0 Å². The molecule has 0 aromatic heterocycles. The van der Waals surface area contributed by atoms with Gasteiger partial charge in [0.2, 0.25) is 0 Å². The molecule has 0 bridgehead atoms. The van der Waals surface area contributed by atoms with Gasteiger partial charge < -0.3 is 35.4 Å². The van der Waals surface area contributed by atoms with Gasteiger partial charge in [-0.05, 0) is 0 Å². The maximum atomic E-state index is 9.04. The van der Waals surface area contributed by atoms with Crippen LogP contribution in [0.15, 0.2) is 0 Å². The molecule has 90 valence electrons. The predicted molar refractivity (Wildman–Crippen MR) is 47.9 cm³/mol. The van der Waals surface area contributed by atoms with E-state index in [1.54, 1.807) is 0 Å². The summed E-state index contributed by atoms with van der Waals surface area (Å²) in [7, 11) is -2.20. The highest BCUT2D eigenvalue weighted by Gasteiger charge is 2.34. The Morgan fingerprint density at radius 1 is 0.933 bits per heavy atom. The van der Waals surface area contributed by atoms with Crippen molar-refractivity contribution < 1.29 is 40.2 Å². The van der Waals surface area contributed by atoms with E-state index in [2.05, 4.69) is 0 Å². The normalized spacial score (nSPS) is 10.1. The first-order valence-corrected chi connectivity index (χ1v) is 6.15. The highest BCUT2D eigenvalue weighted by atomic mass is 31.2. The minimum absolute atomic E-state index is 0.295. The number of aliphatic hydroxyl groups excluding tert-OH is 4. The molecule has 0 aromatic carbocycles. The van der Waals surface area contributed by atoms with Crippen molar-refractivity contribution in [1.82, 2.24) is 0 Å². The summed E-state index contributed by atoms with van der Waals surface area (Å²) in [4.78, 5) is 18.0. The molecule has 5 N–H and O–H groups in total. The van der Waals surface area contributed by atoms with Crippen LogP contribution in [0.25, 0.3) is 0 Å². The van der Waals surface area contributed by atoms with Crippen LogP contribution in [0.2, 0.25) is 0 Å². The van der Waals surface area contributed by atoms with E-state index in [0.29, 0.717) is 0 Å². The molecule has 0 radical (unpaired) electrons. The molecule has 0 atom stereocenters. The standard InChI is InChI=1S/C4H12O4P.C2H2O4/c5-1-9(2-6,3-7)4-8;3-1(4)2(5)6/h5-8H,1-4H2;(H,3,4)(H,5,6)/q+1;/p-1. The molecule has 0 spiro atoms. The molecule has 0 saturated heterocycles. The number of carboxylic acids is 2. The fourth-order valence-corrected chi connectivity index (χ4v) is 0.805. The van der Waals surface area contributed by atoms with E-state index in [4.69, 9.17) is 40.2 Å². The van der Waals surface area contributed by atoms with E-state index in [9.17, 15) is 0 Å². The lowest BCUT2D eigenvalue weighted by Crippen LogP contribution is -2.30. The van der Waals surface area contributed by atoms with Gasteiger partial charge in [0.15, 0.2) is 31.4 Å². The van der Waals surface area contributed by atoms with E-state index in [1.807, 2.05) is 0 Å². The Balaban J connectivity index is 0. The lowest BCUT2D eigenvalue weighted by atomic mass is 10.7. The van der Waals surface area contributed by atoms with Gasteiger partial charge in [-0.3, -0.25) is 0 Å². The predicted octanol–water partition coefficient (Wildman–Crippen LogP) is -3.38. The largest absolute Gasteiger partial charge is 0.539 e. The molecular formula is C6H13O8P. The number of aliphatic hydroxyl groups is 4. The first-order valence-electron chi connectivity index (χ1n) is 3.62. The van der Waals surface area contributed by atoms with E-state index < -0.39 is 19.2 Å². The summed E-state index contributed by atoms with van der Waals surface area (Å²) in [6.45, 7) is 0. The summed E-state index contributed by atoms with van der Waals surface area (Å²) < 4.78 is 0. The lowest BCUT2D eigenvalue weighted by molar-refractivity contribution is -0.303. The molecule has 0 unspecified atom stereocenters. The van der Waals surface area contributed by atoms with Crippen molar-refractivity contribution in [3.8, 4) is 0 Å². The van der Waals surface area contributed by atoms with Crippen LogP contribution < -0.4 is 5.11 Å². The molecule has 0 aliphatic carbocycles. The van der Waals surface area contributed by atoms with Gasteiger partial charge >= 0.3 is 5.97 Å². The Hall–Kier alpha value is -0.790. The number of rotatable bonds is 4. The Labute approximate surface area is 85.7 Å². The Morgan fingerprint density at radius 3 is 1.13 bits per heavy atom. The van der Waals surface area contributed by atoms with E-state index >= 15 is 0 Å². The summed E-state index contributed by atoms with van der Waals surface area (Å²) in [5.41, 5.74) is 0. The molecule has 9 heteroatoms. The quantitative estimate of drug-likeness (QED) is 0.253. The number of hydrogen-bond acceptors (Lipinski definition) is 7. The van der Waals surface area contributed by atoms with Crippen molar-refractivity contribution in [1.29, 1.82) is 0 Å². The number of hydrogen-bond donors (Lipinski definition) is 5. The van der Waals surface area contributed by atoms with Crippen LogP contribution in [-0.4, -0.2) is 62.9 Å². The molecule has 15 heavy (non-hydrogen) atoms. The van der Waals surface area contributed by atoms with Crippen LogP contribution in [0.4, 0.5) is 0 Å². The van der Waals surface area contributed by atoms with Gasteiger partial charge in [0.05, 0.1) is 0 Å². The fourth-order valence-electron chi connectivity index (χ4n) is 0.268. The summed E-state index contributed by atoms with van der Waals surface area (Å²) in [5.74, 6) is -4.01. The smallest absolute Gasteiger partial charge is 0.351 e. The second-order valence-corrected chi connectivity index (χ2v) is 6.31. The Morgan fingerprint density at radius 2 is 1.13 bits per heavy atom. The van der Waals surface area contributed by atoms with Crippen molar-refractivity contribution in [2.75, 3.05) is 25.4 Å². The Bertz CT molecular complexity index is 172. The third kappa shape index (κ3) is 7.18. The molecule has 0 fully saturated rings. The summed E-state index contributed by atoms with van der Waals surface area (Å²) in [6, 6.07) is 0. The second kappa shape index (κ2) is 8.51. The molecule has 0 amide bonds. The molecule has 0 aliphatic rings. The maximum absolute atomic E-state index is 9.04. The number of carbonyl (C=O) groups excluding carboxylic acids is 1. The lowest BCUT2D eigenvalue weighted by Gasteiger charge is -2.15. The van der Waals surface area contributed by atoms with Gasteiger partial charge in [0, 0.05) is 0 Å². The minimum Gasteiger partial charge on any atom is -0.539 e. The molecule has 0 heterocycles. The first kappa shape index (κ1) is 16.6. The average Bonchev–Trinajstić information content (AvgIpc) is 2.23. The monoisotopic (exact) mass is 244 g/mol. The van der Waals surface area contributed by atoms with Crippen LogP contribution in [0.5, 0.6) is 0 Å². The topological polar surface area (TPSA) is 158 Å². The van der Waals surface area contributed by atoms with Gasteiger partial charge in [-0.15, -0.1) is 0 Å². The average molecular weight is 244 g/mol. The van der Waals surface area contributed by atoms with Crippen molar-refractivity contribution in [3.05, 3.63) is 0 Å². The molecular weight excluding hydrogens is 231 g/mol. The van der Waals surface area contributed by atoms with Crippen LogP contribution in [0, 0.1) is 0 Å². The zero-order valence-corrected chi connectivity index (χ0v) is 8.63.